The van der Waals surface area contributed by atoms with Gasteiger partial charge < -0.3 is 10.1 Å². The summed E-state index contributed by atoms with van der Waals surface area (Å²) in [6, 6.07) is 10.9. The van der Waals surface area contributed by atoms with Gasteiger partial charge in [0.05, 0.1) is 11.3 Å². The van der Waals surface area contributed by atoms with Crippen LogP contribution >= 0.6 is 0 Å². The number of rotatable bonds is 8. The van der Waals surface area contributed by atoms with Gasteiger partial charge in [0.1, 0.15) is 5.75 Å². The van der Waals surface area contributed by atoms with Crippen molar-refractivity contribution in [1.82, 2.24) is 10.0 Å². The lowest BCUT2D eigenvalue weighted by atomic mass is 10.1. The Morgan fingerprint density at radius 1 is 1.07 bits per heavy atom. The van der Waals surface area contributed by atoms with Gasteiger partial charge in [-0.15, -0.1) is 0 Å². The minimum Gasteiger partial charge on any atom is -0.484 e. The van der Waals surface area contributed by atoms with Crippen LogP contribution in [0.1, 0.15) is 16.7 Å². The maximum Gasteiger partial charge on any atom is 0.416 e. The van der Waals surface area contributed by atoms with E-state index in [0.29, 0.717) is 5.56 Å². The van der Waals surface area contributed by atoms with Crippen LogP contribution in [-0.2, 0) is 33.3 Å². The van der Waals surface area contributed by atoms with E-state index >= 15 is 0 Å². The predicted molar refractivity (Wildman–Crippen MR) is 96.9 cm³/mol. The Balaban J connectivity index is 1.83. The average molecular weight is 416 g/mol. The third kappa shape index (κ3) is 6.86. The smallest absolute Gasteiger partial charge is 0.416 e. The van der Waals surface area contributed by atoms with E-state index in [4.69, 9.17) is 4.74 Å². The third-order valence-electron chi connectivity index (χ3n) is 3.71. The number of carbonyl (C=O) groups is 1. The van der Waals surface area contributed by atoms with Gasteiger partial charge in [0.25, 0.3) is 5.91 Å². The van der Waals surface area contributed by atoms with Crippen LogP contribution < -0.4 is 14.8 Å². The maximum absolute atomic E-state index is 12.6. The molecule has 0 saturated carbocycles. The number of hydrogen-bond donors (Lipinski definition) is 2. The largest absolute Gasteiger partial charge is 0.484 e. The van der Waals surface area contributed by atoms with Crippen LogP contribution in [0.25, 0.3) is 0 Å². The van der Waals surface area contributed by atoms with Gasteiger partial charge in [-0.25, -0.2) is 13.1 Å². The molecule has 0 spiro atoms. The summed E-state index contributed by atoms with van der Waals surface area (Å²) in [5.41, 5.74) is 0.473. The molecule has 0 aliphatic carbocycles. The highest BCUT2D eigenvalue weighted by Crippen LogP contribution is 2.31. The maximum atomic E-state index is 12.6. The number of hydrogen-bond acceptors (Lipinski definition) is 4. The molecule has 152 valence electrons. The molecular weight excluding hydrogens is 397 g/mol. The fourth-order valence-corrected chi connectivity index (χ4v) is 2.98. The van der Waals surface area contributed by atoms with Crippen LogP contribution in [0.4, 0.5) is 13.2 Å². The van der Waals surface area contributed by atoms with Crippen molar-refractivity contribution < 1.29 is 31.1 Å². The first kappa shape index (κ1) is 21.7. The van der Waals surface area contributed by atoms with Crippen LogP contribution in [0, 0.1) is 0 Å². The van der Waals surface area contributed by atoms with Crippen molar-refractivity contribution in [2.45, 2.75) is 18.5 Å². The fraction of sp³-hybridized carbons (Fsp3) is 0.278. The minimum absolute atomic E-state index is 0.0555. The molecule has 0 bridgehead atoms. The number of benzene rings is 2. The number of sulfonamides is 1. The van der Waals surface area contributed by atoms with Crippen molar-refractivity contribution >= 4 is 15.9 Å². The lowest BCUT2D eigenvalue weighted by Crippen LogP contribution is -2.28. The Bertz CT molecular complexity index is 913. The van der Waals surface area contributed by atoms with E-state index in [1.165, 1.54) is 19.2 Å². The monoisotopic (exact) mass is 416 g/mol. The first-order valence-corrected chi connectivity index (χ1v) is 9.80. The Morgan fingerprint density at radius 2 is 1.71 bits per heavy atom. The SMILES string of the molecule is CNS(=O)(=O)Cc1ccc(CNC(=O)COc2cccc(C(F)(F)F)c2)cc1. The molecule has 2 aromatic carbocycles. The van der Waals surface area contributed by atoms with Crippen molar-refractivity contribution in [2.75, 3.05) is 13.7 Å². The van der Waals surface area contributed by atoms with Gasteiger partial charge in [-0.2, -0.15) is 13.2 Å². The molecule has 0 aliphatic heterocycles. The number of ether oxygens (including phenoxy) is 1. The highest BCUT2D eigenvalue weighted by Gasteiger charge is 2.30. The third-order valence-corrected chi connectivity index (χ3v) is 5.05. The van der Waals surface area contributed by atoms with E-state index in [2.05, 4.69) is 10.0 Å². The van der Waals surface area contributed by atoms with Crippen molar-refractivity contribution in [1.29, 1.82) is 0 Å². The first-order chi connectivity index (χ1) is 13.1. The summed E-state index contributed by atoms with van der Waals surface area (Å²) in [5, 5.41) is 2.58. The summed E-state index contributed by atoms with van der Waals surface area (Å²) in [4.78, 5) is 11.8. The van der Waals surface area contributed by atoms with E-state index in [9.17, 15) is 26.4 Å². The van der Waals surface area contributed by atoms with Crippen LogP contribution in [-0.4, -0.2) is 28.0 Å². The second-order valence-electron chi connectivity index (χ2n) is 5.87. The van der Waals surface area contributed by atoms with Gasteiger partial charge >= 0.3 is 6.18 Å². The summed E-state index contributed by atoms with van der Waals surface area (Å²) in [7, 11) is -2.03. The molecular formula is C18H19F3N2O4S. The molecule has 2 aromatic rings. The Hall–Kier alpha value is -2.59. The molecule has 10 heteroatoms. The average Bonchev–Trinajstić information content (AvgIpc) is 2.65. The summed E-state index contributed by atoms with van der Waals surface area (Å²) in [6.45, 7) is -0.260. The second-order valence-corrected chi connectivity index (χ2v) is 7.80. The van der Waals surface area contributed by atoms with Gasteiger partial charge in [0.2, 0.25) is 10.0 Å². The zero-order chi connectivity index (χ0) is 20.8. The quantitative estimate of drug-likeness (QED) is 0.692. The van der Waals surface area contributed by atoms with Crippen molar-refractivity contribution in [3.8, 4) is 5.75 Å². The summed E-state index contributed by atoms with van der Waals surface area (Å²) in [6.07, 6.45) is -4.49. The predicted octanol–water partition coefficient (Wildman–Crippen LogP) is 2.45. The number of carbonyl (C=O) groups excluding carboxylic acids is 1. The zero-order valence-corrected chi connectivity index (χ0v) is 15.7. The van der Waals surface area contributed by atoms with Crippen LogP contribution in [0.5, 0.6) is 5.75 Å². The van der Waals surface area contributed by atoms with Crippen molar-refractivity contribution in [3.05, 3.63) is 65.2 Å². The highest BCUT2D eigenvalue weighted by atomic mass is 32.2. The molecule has 0 atom stereocenters. The molecule has 0 saturated heterocycles. The summed E-state index contributed by atoms with van der Waals surface area (Å²) >= 11 is 0. The molecule has 0 heterocycles. The molecule has 28 heavy (non-hydrogen) atoms. The van der Waals surface area contributed by atoms with E-state index in [-0.39, 0.29) is 18.0 Å². The van der Waals surface area contributed by atoms with Gasteiger partial charge in [-0.05, 0) is 36.4 Å². The van der Waals surface area contributed by atoms with Gasteiger partial charge in [-0.1, -0.05) is 30.3 Å². The standard InChI is InChI=1S/C18H19F3N2O4S/c1-22-28(25,26)12-14-7-5-13(6-8-14)10-23-17(24)11-27-16-4-2-3-15(9-16)18(19,20)21/h2-9,22H,10-12H2,1H3,(H,23,24). The zero-order valence-electron chi connectivity index (χ0n) is 14.9. The molecule has 0 aliphatic rings. The van der Waals surface area contributed by atoms with E-state index in [1.54, 1.807) is 24.3 Å². The second kappa shape index (κ2) is 9.07. The number of nitrogens with one attached hydrogen (secondary N) is 2. The summed E-state index contributed by atoms with van der Waals surface area (Å²) < 4.78 is 68.2. The number of halogens is 3. The molecule has 2 rings (SSSR count). The number of amides is 1. The molecule has 0 radical (unpaired) electrons. The van der Waals surface area contributed by atoms with Crippen LogP contribution in [0.3, 0.4) is 0 Å². The molecule has 0 aromatic heterocycles. The van der Waals surface area contributed by atoms with Gasteiger partial charge in [-0.3, -0.25) is 4.79 Å². The minimum atomic E-state index is -4.49. The molecule has 0 fully saturated rings. The number of alkyl halides is 3. The fourth-order valence-electron chi connectivity index (χ4n) is 2.21. The van der Waals surface area contributed by atoms with Crippen molar-refractivity contribution in [3.63, 3.8) is 0 Å². The molecule has 2 N–H and O–H groups in total. The van der Waals surface area contributed by atoms with Gasteiger partial charge in [0.15, 0.2) is 6.61 Å². The van der Waals surface area contributed by atoms with Crippen LogP contribution in [0.15, 0.2) is 48.5 Å². The summed E-state index contributed by atoms with van der Waals surface area (Å²) in [5.74, 6) is -0.708. The molecule has 0 unspecified atom stereocenters. The normalized spacial score (nSPS) is 11.9. The Morgan fingerprint density at radius 3 is 2.32 bits per heavy atom. The van der Waals surface area contributed by atoms with E-state index in [1.807, 2.05) is 0 Å². The molecule has 6 nitrogen and oxygen atoms in total. The van der Waals surface area contributed by atoms with Gasteiger partial charge in [0, 0.05) is 6.54 Å². The highest BCUT2D eigenvalue weighted by molar-refractivity contribution is 7.88. The Labute approximate surface area is 160 Å². The Kier molecular flexibility index (Phi) is 7.03. The van der Waals surface area contributed by atoms with Crippen LogP contribution in [0.2, 0.25) is 0 Å². The van der Waals surface area contributed by atoms with E-state index < -0.39 is 34.3 Å². The lowest BCUT2D eigenvalue weighted by molar-refractivity contribution is -0.137. The topological polar surface area (TPSA) is 84.5 Å². The lowest BCUT2D eigenvalue weighted by Gasteiger charge is -2.10. The first-order valence-electron chi connectivity index (χ1n) is 8.15. The van der Waals surface area contributed by atoms with E-state index in [0.717, 1.165) is 17.7 Å². The molecule has 1 amide bonds. The van der Waals surface area contributed by atoms with Crippen molar-refractivity contribution in [2.24, 2.45) is 0 Å².